The molecule has 1 saturated heterocycles. The highest BCUT2D eigenvalue weighted by Gasteiger charge is 2.34. The Hall–Kier alpha value is -1.27. The van der Waals surface area contributed by atoms with E-state index < -0.39 is 12.7 Å². The minimum atomic E-state index is -4.10. The summed E-state index contributed by atoms with van der Waals surface area (Å²) >= 11 is 0. The zero-order valence-electron chi connectivity index (χ0n) is 11.9. The van der Waals surface area contributed by atoms with Gasteiger partial charge in [0.25, 0.3) is 0 Å². The minimum absolute atomic E-state index is 0.341. The maximum atomic E-state index is 12.4. The third-order valence-corrected chi connectivity index (χ3v) is 4.46. The van der Waals surface area contributed by atoms with E-state index in [1.807, 2.05) is 12.1 Å². The standard InChI is InChI=1S/C15H20F3N3/c16-15(17,18)10-20-5-7-21(8-6-20)14-4-1-11-9-12(19)2-3-13(11)14/h2-3,9,14H,1,4-8,10,19H2. The van der Waals surface area contributed by atoms with Gasteiger partial charge in [-0.15, -0.1) is 0 Å². The molecule has 0 radical (unpaired) electrons. The molecule has 3 rings (SSSR count). The van der Waals surface area contributed by atoms with E-state index in [1.54, 1.807) is 0 Å². The van der Waals surface area contributed by atoms with Crippen molar-refractivity contribution in [2.75, 3.05) is 38.5 Å². The molecule has 0 spiro atoms. The molecule has 3 nitrogen and oxygen atoms in total. The first-order valence-corrected chi connectivity index (χ1v) is 7.34. The Kier molecular flexibility index (Phi) is 3.84. The number of alkyl halides is 3. The van der Waals surface area contributed by atoms with Crippen LogP contribution in [0.1, 0.15) is 23.6 Å². The molecule has 6 heteroatoms. The SMILES string of the molecule is Nc1ccc2c(c1)CCC2N1CCN(CC(F)(F)F)CC1. The van der Waals surface area contributed by atoms with Gasteiger partial charge in [0, 0.05) is 37.9 Å². The van der Waals surface area contributed by atoms with Crippen molar-refractivity contribution in [3.8, 4) is 0 Å². The van der Waals surface area contributed by atoms with E-state index in [-0.39, 0.29) is 0 Å². The van der Waals surface area contributed by atoms with Gasteiger partial charge < -0.3 is 5.73 Å². The van der Waals surface area contributed by atoms with Crippen molar-refractivity contribution in [1.82, 2.24) is 9.80 Å². The summed E-state index contributed by atoms with van der Waals surface area (Å²) in [4.78, 5) is 3.81. The number of nitrogens with zero attached hydrogens (tertiary/aromatic N) is 2. The molecule has 1 fully saturated rings. The van der Waals surface area contributed by atoms with Gasteiger partial charge in [-0.3, -0.25) is 9.80 Å². The molecule has 1 atom stereocenters. The number of anilines is 1. The molecule has 21 heavy (non-hydrogen) atoms. The Morgan fingerprint density at radius 1 is 1.14 bits per heavy atom. The largest absolute Gasteiger partial charge is 0.401 e. The molecule has 1 aromatic carbocycles. The second-order valence-electron chi connectivity index (χ2n) is 5.94. The van der Waals surface area contributed by atoms with Gasteiger partial charge in [-0.05, 0) is 36.1 Å². The van der Waals surface area contributed by atoms with Gasteiger partial charge in [-0.25, -0.2) is 0 Å². The van der Waals surface area contributed by atoms with E-state index in [2.05, 4.69) is 11.0 Å². The first-order valence-electron chi connectivity index (χ1n) is 7.34. The van der Waals surface area contributed by atoms with E-state index in [9.17, 15) is 13.2 Å². The van der Waals surface area contributed by atoms with Crippen molar-refractivity contribution < 1.29 is 13.2 Å². The maximum absolute atomic E-state index is 12.4. The van der Waals surface area contributed by atoms with E-state index in [0.29, 0.717) is 32.2 Å². The van der Waals surface area contributed by atoms with Crippen molar-refractivity contribution in [2.45, 2.75) is 25.1 Å². The summed E-state index contributed by atoms with van der Waals surface area (Å²) < 4.78 is 37.2. The van der Waals surface area contributed by atoms with Crippen LogP contribution < -0.4 is 5.73 Å². The van der Waals surface area contributed by atoms with Crippen LogP contribution >= 0.6 is 0 Å². The molecule has 1 aliphatic heterocycles. The lowest BCUT2D eigenvalue weighted by atomic mass is 10.1. The smallest absolute Gasteiger partial charge is 0.399 e. The lowest BCUT2D eigenvalue weighted by molar-refractivity contribution is -0.149. The van der Waals surface area contributed by atoms with E-state index in [0.717, 1.165) is 18.5 Å². The summed E-state index contributed by atoms with van der Waals surface area (Å²) in [7, 11) is 0. The van der Waals surface area contributed by atoms with Crippen LogP contribution in [0.5, 0.6) is 0 Å². The number of rotatable bonds is 2. The zero-order chi connectivity index (χ0) is 15.0. The van der Waals surface area contributed by atoms with Crippen molar-refractivity contribution in [1.29, 1.82) is 0 Å². The second kappa shape index (κ2) is 5.50. The molecule has 2 aliphatic rings. The Morgan fingerprint density at radius 2 is 1.86 bits per heavy atom. The molecule has 116 valence electrons. The number of hydrogen-bond acceptors (Lipinski definition) is 3. The summed E-state index contributed by atoms with van der Waals surface area (Å²) in [5, 5.41) is 0. The van der Waals surface area contributed by atoms with E-state index in [1.165, 1.54) is 16.0 Å². The minimum Gasteiger partial charge on any atom is -0.399 e. The van der Waals surface area contributed by atoms with Crippen LogP contribution in [-0.2, 0) is 6.42 Å². The highest BCUT2D eigenvalue weighted by atomic mass is 19.4. The topological polar surface area (TPSA) is 32.5 Å². The first kappa shape index (κ1) is 14.7. The molecule has 1 unspecified atom stereocenters. The van der Waals surface area contributed by atoms with Crippen molar-refractivity contribution in [3.63, 3.8) is 0 Å². The average Bonchev–Trinajstić information content (AvgIpc) is 2.80. The van der Waals surface area contributed by atoms with Gasteiger partial charge in [0.15, 0.2) is 0 Å². The number of hydrogen-bond donors (Lipinski definition) is 1. The molecule has 0 bridgehead atoms. The van der Waals surface area contributed by atoms with Crippen LogP contribution in [0.4, 0.5) is 18.9 Å². The van der Waals surface area contributed by atoms with Crippen molar-refractivity contribution in [2.24, 2.45) is 0 Å². The molecule has 0 saturated carbocycles. The molecule has 1 heterocycles. The predicted molar refractivity (Wildman–Crippen MR) is 76.0 cm³/mol. The van der Waals surface area contributed by atoms with Gasteiger partial charge in [-0.2, -0.15) is 13.2 Å². The molecule has 1 aliphatic carbocycles. The average molecular weight is 299 g/mol. The zero-order valence-corrected chi connectivity index (χ0v) is 11.9. The lowest BCUT2D eigenvalue weighted by Crippen LogP contribution is -2.49. The number of aryl methyl sites for hydroxylation is 1. The van der Waals surface area contributed by atoms with Crippen LogP contribution in [0, 0.1) is 0 Å². The number of benzene rings is 1. The highest BCUT2D eigenvalue weighted by Crippen LogP contribution is 2.37. The third-order valence-electron chi connectivity index (χ3n) is 4.46. The fraction of sp³-hybridized carbons (Fsp3) is 0.600. The monoisotopic (exact) mass is 299 g/mol. The number of fused-ring (bicyclic) bond motifs is 1. The van der Waals surface area contributed by atoms with Crippen LogP contribution in [0.2, 0.25) is 0 Å². The van der Waals surface area contributed by atoms with Crippen LogP contribution in [-0.4, -0.2) is 48.7 Å². The normalized spacial score (nSPS) is 24.2. The number of nitrogen functional groups attached to an aromatic ring is 1. The Bertz CT molecular complexity index is 507. The summed E-state index contributed by atoms with van der Waals surface area (Å²) in [5.74, 6) is 0. The molecule has 0 amide bonds. The molecular weight excluding hydrogens is 279 g/mol. The van der Waals surface area contributed by atoms with Crippen LogP contribution in [0.15, 0.2) is 18.2 Å². The molecular formula is C15H20F3N3. The van der Waals surface area contributed by atoms with Crippen LogP contribution in [0.3, 0.4) is 0 Å². The summed E-state index contributed by atoms with van der Waals surface area (Å²) in [6.07, 6.45) is -2.05. The number of piperazine rings is 1. The molecule has 0 aromatic heterocycles. The van der Waals surface area contributed by atoms with Gasteiger partial charge in [0.05, 0.1) is 6.54 Å². The van der Waals surface area contributed by atoms with Gasteiger partial charge in [0.1, 0.15) is 0 Å². The van der Waals surface area contributed by atoms with E-state index >= 15 is 0 Å². The van der Waals surface area contributed by atoms with Gasteiger partial charge in [-0.1, -0.05) is 6.07 Å². The Morgan fingerprint density at radius 3 is 2.52 bits per heavy atom. The number of halogens is 3. The van der Waals surface area contributed by atoms with Gasteiger partial charge in [0.2, 0.25) is 0 Å². The van der Waals surface area contributed by atoms with Crippen LogP contribution in [0.25, 0.3) is 0 Å². The molecule has 1 aromatic rings. The fourth-order valence-electron chi connectivity index (χ4n) is 3.48. The van der Waals surface area contributed by atoms with Crippen molar-refractivity contribution in [3.05, 3.63) is 29.3 Å². The highest BCUT2D eigenvalue weighted by molar-refractivity contribution is 5.47. The summed E-state index contributed by atoms with van der Waals surface area (Å²) in [5.41, 5.74) is 9.18. The van der Waals surface area contributed by atoms with E-state index in [4.69, 9.17) is 5.73 Å². The fourth-order valence-corrected chi connectivity index (χ4v) is 3.48. The second-order valence-corrected chi connectivity index (χ2v) is 5.94. The lowest BCUT2D eigenvalue weighted by Gasteiger charge is -2.38. The predicted octanol–water partition coefficient (Wildman–Crippen LogP) is 2.44. The quantitative estimate of drug-likeness (QED) is 0.851. The van der Waals surface area contributed by atoms with Gasteiger partial charge >= 0.3 is 6.18 Å². The first-order chi connectivity index (χ1) is 9.92. The summed E-state index contributed by atoms with van der Waals surface area (Å²) in [6, 6.07) is 6.35. The summed E-state index contributed by atoms with van der Waals surface area (Å²) in [6.45, 7) is 1.58. The van der Waals surface area contributed by atoms with Crippen molar-refractivity contribution >= 4 is 5.69 Å². The molecule has 2 N–H and O–H groups in total. The third kappa shape index (κ3) is 3.32. The Balaban J connectivity index is 1.62. The Labute approximate surface area is 122 Å². The number of nitrogens with two attached hydrogens (primary N) is 1. The maximum Gasteiger partial charge on any atom is 0.401 e.